The minimum absolute atomic E-state index is 0.0569. The minimum atomic E-state index is -0.0569. The van der Waals surface area contributed by atoms with Crippen molar-refractivity contribution in [3.05, 3.63) is 40.9 Å². The Bertz CT molecular complexity index is 525. The molecule has 0 aliphatic heterocycles. The summed E-state index contributed by atoms with van der Waals surface area (Å²) in [7, 11) is 1.55. The second-order valence-electron chi connectivity index (χ2n) is 5.47. The fourth-order valence-electron chi connectivity index (χ4n) is 2.47. The first-order valence-corrected chi connectivity index (χ1v) is 7.59. The summed E-state index contributed by atoms with van der Waals surface area (Å²) < 4.78 is 10.7. The van der Waals surface area contributed by atoms with Gasteiger partial charge in [0, 0.05) is 5.56 Å². The molecule has 1 aliphatic rings. The van der Waals surface area contributed by atoms with Crippen molar-refractivity contribution in [2.24, 2.45) is 11.8 Å². The third kappa shape index (κ3) is 4.32. The average Bonchev–Trinajstić information content (AvgIpc) is 2.49. The number of ketones is 1. The third-order valence-corrected chi connectivity index (χ3v) is 4.25. The third-order valence-electron chi connectivity index (χ3n) is 3.96. The summed E-state index contributed by atoms with van der Waals surface area (Å²) in [6, 6.07) is 5.03. The Morgan fingerprint density at radius 3 is 2.76 bits per heavy atom. The molecule has 0 radical (unpaired) electrons. The second kappa shape index (κ2) is 7.62. The lowest BCUT2D eigenvalue weighted by Gasteiger charge is -2.24. The number of hydrogen-bond acceptors (Lipinski definition) is 3. The molecular formula is C17H21ClO3. The Labute approximate surface area is 130 Å². The van der Waals surface area contributed by atoms with Gasteiger partial charge in [0.15, 0.2) is 5.78 Å². The van der Waals surface area contributed by atoms with E-state index in [0.29, 0.717) is 34.8 Å². The molecule has 0 spiro atoms. The maximum atomic E-state index is 12.1. The Morgan fingerprint density at radius 2 is 2.10 bits per heavy atom. The molecule has 0 saturated heterocycles. The molecule has 114 valence electrons. The van der Waals surface area contributed by atoms with Gasteiger partial charge in [-0.2, -0.15) is 0 Å². The zero-order chi connectivity index (χ0) is 15.2. The quantitative estimate of drug-likeness (QED) is 0.585. The highest BCUT2D eigenvalue weighted by Gasteiger charge is 2.19. The van der Waals surface area contributed by atoms with Gasteiger partial charge in [-0.1, -0.05) is 30.7 Å². The number of halogens is 1. The predicted octanol–water partition coefficient (Wildman–Crippen LogP) is 4.15. The number of Topliss-reactive ketones (excluding diaryl/α,β-unsaturated/α-hetero) is 1. The summed E-state index contributed by atoms with van der Waals surface area (Å²) in [6.07, 6.45) is 6.53. The molecule has 2 unspecified atom stereocenters. The van der Waals surface area contributed by atoms with Crippen LogP contribution in [0.1, 0.15) is 30.1 Å². The average molecular weight is 309 g/mol. The first kappa shape index (κ1) is 16.1. The van der Waals surface area contributed by atoms with Gasteiger partial charge in [-0.15, -0.1) is 0 Å². The Kier molecular flexibility index (Phi) is 5.83. The zero-order valence-corrected chi connectivity index (χ0v) is 13.2. The Morgan fingerprint density at radius 1 is 1.33 bits per heavy atom. The number of allylic oxidation sites excluding steroid dienone is 2. The molecule has 2 rings (SSSR count). The molecule has 0 fully saturated rings. The van der Waals surface area contributed by atoms with E-state index in [-0.39, 0.29) is 12.4 Å². The monoisotopic (exact) mass is 308 g/mol. The summed E-state index contributed by atoms with van der Waals surface area (Å²) >= 11 is 6.02. The molecule has 0 bridgehead atoms. The standard InChI is InChI=1S/C17H21ClO3/c1-12-5-3-4-6-14(12)10-21-11-16(19)13-7-8-17(20-2)15(18)9-13/h3-4,7-9,12,14H,5-6,10-11H2,1-2H3. The van der Waals surface area contributed by atoms with Crippen LogP contribution in [-0.2, 0) is 4.74 Å². The summed E-state index contributed by atoms with van der Waals surface area (Å²) in [5, 5.41) is 0.439. The van der Waals surface area contributed by atoms with E-state index in [2.05, 4.69) is 19.1 Å². The molecule has 21 heavy (non-hydrogen) atoms. The fourth-order valence-corrected chi connectivity index (χ4v) is 2.72. The van der Waals surface area contributed by atoms with Crippen LogP contribution in [0.15, 0.2) is 30.4 Å². The highest BCUT2D eigenvalue weighted by atomic mass is 35.5. The number of carbonyl (C=O) groups excluding carboxylic acids is 1. The van der Waals surface area contributed by atoms with Crippen molar-refractivity contribution in [1.29, 1.82) is 0 Å². The van der Waals surface area contributed by atoms with E-state index in [1.165, 1.54) is 0 Å². The van der Waals surface area contributed by atoms with Crippen LogP contribution in [0, 0.1) is 11.8 Å². The van der Waals surface area contributed by atoms with Crippen LogP contribution in [-0.4, -0.2) is 26.1 Å². The SMILES string of the molecule is COc1ccc(C(=O)COCC2CC=CCC2C)cc1Cl. The van der Waals surface area contributed by atoms with E-state index in [1.54, 1.807) is 25.3 Å². The largest absolute Gasteiger partial charge is 0.495 e. The number of carbonyl (C=O) groups is 1. The molecule has 1 aliphatic carbocycles. The van der Waals surface area contributed by atoms with Gasteiger partial charge >= 0.3 is 0 Å². The van der Waals surface area contributed by atoms with E-state index in [0.717, 1.165) is 12.8 Å². The molecule has 0 saturated carbocycles. The van der Waals surface area contributed by atoms with Crippen molar-refractivity contribution < 1.29 is 14.3 Å². The molecule has 3 nitrogen and oxygen atoms in total. The lowest BCUT2D eigenvalue weighted by atomic mass is 9.85. The normalized spacial score (nSPS) is 21.3. The Balaban J connectivity index is 1.84. The number of ether oxygens (including phenoxy) is 2. The van der Waals surface area contributed by atoms with Gasteiger partial charge in [0.1, 0.15) is 12.4 Å². The minimum Gasteiger partial charge on any atom is -0.495 e. The molecular weight excluding hydrogens is 288 g/mol. The highest BCUT2D eigenvalue weighted by molar-refractivity contribution is 6.32. The van der Waals surface area contributed by atoms with Crippen molar-refractivity contribution in [2.75, 3.05) is 20.3 Å². The summed E-state index contributed by atoms with van der Waals surface area (Å²) in [4.78, 5) is 12.1. The van der Waals surface area contributed by atoms with Crippen LogP contribution in [0.5, 0.6) is 5.75 Å². The van der Waals surface area contributed by atoms with Crippen molar-refractivity contribution in [3.63, 3.8) is 0 Å². The van der Waals surface area contributed by atoms with Gasteiger partial charge in [-0.25, -0.2) is 0 Å². The van der Waals surface area contributed by atoms with Crippen LogP contribution in [0.4, 0.5) is 0 Å². The second-order valence-corrected chi connectivity index (χ2v) is 5.88. The summed E-state index contributed by atoms with van der Waals surface area (Å²) in [6.45, 7) is 2.94. The molecule has 4 heteroatoms. The van der Waals surface area contributed by atoms with Gasteiger partial charge in [0.2, 0.25) is 0 Å². The van der Waals surface area contributed by atoms with Gasteiger partial charge in [0.25, 0.3) is 0 Å². The van der Waals surface area contributed by atoms with Crippen molar-refractivity contribution >= 4 is 17.4 Å². The molecule has 2 atom stereocenters. The predicted molar refractivity (Wildman–Crippen MR) is 84.2 cm³/mol. The van der Waals surface area contributed by atoms with E-state index < -0.39 is 0 Å². The topological polar surface area (TPSA) is 35.5 Å². The van der Waals surface area contributed by atoms with Gasteiger partial charge in [0.05, 0.1) is 18.7 Å². The van der Waals surface area contributed by atoms with Gasteiger partial charge in [-0.3, -0.25) is 4.79 Å². The van der Waals surface area contributed by atoms with Crippen molar-refractivity contribution in [3.8, 4) is 5.75 Å². The van der Waals surface area contributed by atoms with E-state index in [9.17, 15) is 4.79 Å². The summed E-state index contributed by atoms with van der Waals surface area (Å²) in [5.74, 6) is 1.62. The fraction of sp³-hybridized carbons (Fsp3) is 0.471. The van der Waals surface area contributed by atoms with Crippen molar-refractivity contribution in [1.82, 2.24) is 0 Å². The lowest BCUT2D eigenvalue weighted by molar-refractivity contribution is 0.0602. The number of benzene rings is 1. The Hall–Kier alpha value is -1.32. The lowest BCUT2D eigenvalue weighted by Crippen LogP contribution is -2.21. The molecule has 0 amide bonds. The smallest absolute Gasteiger partial charge is 0.188 e. The van der Waals surface area contributed by atoms with E-state index in [1.807, 2.05) is 0 Å². The molecule has 0 aromatic heterocycles. The number of rotatable bonds is 6. The first-order valence-electron chi connectivity index (χ1n) is 7.21. The van der Waals surface area contributed by atoms with Crippen molar-refractivity contribution in [2.45, 2.75) is 19.8 Å². The van der Waals surface area contributed by atoms with Crippen LogP contribution in [0.2, 0.25) is 5.02 Å². The highest BCUT2D eigenvalue weighted by Crippen LogP contribution is 2.26. The van der Waals surface area contributed by atoms with Gasteiger partial charge in [-0.05, 0) is 42.9 Å². The van der Waals surface area contributed by atoms with Crippen LogP contribution < -0.4 is 4.74 Å². The number of hydrogen-bond donors (Lipinski definition) is 0. The molecule has 1 aromatic carbocycles. The van der Waals surface area contributed by atoms with Crippen LogP contribution in [0.25, 0.3) is 0 Å². The van der Waals surface area contributed by atoms with E-state index in [4.69, 9.17) is 21.1 Å². The van der Waals surface area contributed by atoms with Gasteiger partial charge < -0.3 is 9.47 Å². The molecule has 0 heterocycles. The molecule has 1 aromatic rings. The maximum absolute atomic E-state index is 12.1. The zero-order valence-electron chi connectivity index (χ0n) is 12.5. The van der Waals surface area contributed by atoms with Crippen LogP contribution >= 0.6 is 11.6 Å². The maximum Gasteiger partial charge on any atom is 0.188 e. The summed E-state index contributed by atoms with van der Waals surface area (Å²) in [5.41, 5.74) is 0.553. The first-order chi connectivity index (χ1) is 10.1. The van der Waals surface area contributed by atoms with E-state index >= 15 is 0 Å². The van der Waals surface area contributed by atoms with Crippen LogP contribution in [0.3, 0.4) is 0 Å². The molecule has 0 N–H and O–H groups in total. The number of methoxy groups -OCH3 is 1.